The number of aliphatic hydroxyl groups excluding tert-OH is 2. The van der Waals surface area contributed by atoms with Gasteiger partial charge in [0.2, 0.25) is 0 Å². The number of benzene rings is 1. The summed E-state index contributed by atoms with van der Waals surface area (Å²) in [6, 6.07) is 10.5. The highest BCUT2D eigenvalue weighted by molar-refractivity contribution is 9.09. The van der Waals surface area contributed by atoms with Gasteiger partial charge in [-0.05, 0) is 12.5 Å². The summed E-state index contributed by atoms with van der Waals surface area (Å²) in [7, 11) is 0. The van der Waals surface area contributed by atoms with Gasteiger partial charge in [-0.15, -0.1) is 0 Å². The predicted octanol–water partition coefficient (Wildman–Crippen LogP) is 1.70. The highest BCUT2D eigenvalue weighted by Crippen LogP contribution is 2.09. The van der Waals surface area contributed by atoms with Gasteiger partial charge >= 0.3 is 0 Å². The van der Waals surface area contributed by atoms with Crippen LogP contribution in [-0.2, 0) is 0 Å². The van der Waals surface area contributed by atoms with Gasteiger partial charge in [-0.1, -0.05) is 46.3 Å². The first kappa shape index (κ1) is 15.6. The summed E-state index contributed by atoms with van der Waals surface area (Å²) in [4.78, 5) is 0. The Morgan fingerprint density at radius 3 is 2.19 bits per heavy atom. The quantitative estimate of drug-likeness (QED) is 0.724. The zero-order chi connectivity index (χ0) is 12.2. The molecule has 16 heavy (non-hydrogen) atoms. The Kier molecular flexibility index (Phi) is 10.8. The third-order valence-electron chi connectivity index (χ3n) is 1.95. The summed E-state index contributed by atoms with van der Waals surface area (Å²) in [5.41, 5.74) is 1.26. The van der Waals surface area contributed by atoms with Crippen LogP contribution in [0.1, 0.15) is 18.5 Å². The molecule has 3 N–H and O–H groups in total. The normalized spacial score (nSPS) is 11.5. The Morgan fingerprint density at radius 1 is 1.19 bits per heavy atom. The first-order valence-corrected chi connectivity index (χ1v) is 6.44. The van der Waals surface area contributed by atoms with Gasteiger partial charge in [0.15, 0.2) is 0 Å². The fourth-order valence-corrected chi connectivity index (χ4v) is 1.14. The van der Waals surface area contributed by atoms with Gasteiger partial charge < -0.3 is 15.5 Å². The maximum Gasteiger partial charge on any atom is 0.0556 e. The van der Waals surface area contributed by atoms with Crippen LogP contribution in [0, 0.1) is 0 Å². The molecule has 0 aliphatic heterocycles. The second-order valence-corrected chi connectivity index (χ2v) is 4.02. The van der Waals surface area contributed by atoms with Crippen molar-refractivity contribution in [1.82, 2.24) is 5.32 Å². The lowest BCUT2D eigenvalue weighted by Crippen LogP contribution is -2.21. The van der Waals surface area contributed by atoms with Crippen LogP contribution in [0.2, 0.25) is 0 Å². The number of nitrogens with one attached hydrogen (secondary N) is 1. The molecule has 0 aliphatic rings. The maximum absolute atomic E-state index is 8.60. The molecule has 0 aromatic heterocycles. The number of aliphatic hydroxyl groups is 2. The SMILES string of the molecule is C[C@H](NCCO)c1ccccc1.OCCBr. The Hall–Kier alpha value is -0.420. The smallest absolute Gasteiger partial charge is 0.0556 e. The monoisotopic (exact) mass is 289 g/mol. The molecular weight excluding hydrogens is 270 g/mol. The second kappa shape index (κ2) is 11.1. The molecule has 0 spiro atoms. The molecule has 0 amide bonds. The lowest BCUT2D eigenvalue weighted by molar-refractivity contribution is 0.286. The van der Waals surface area contributed by atoms with E-state index in [1.54, 1.807) is 0 Å². The van der Waals surface area contributed by atoms with Crippen LogP contribution in [0.3, 0.4) is 0 Å². The Balaban J connectivity index is 0.000000487. The largest absolute Gasteiger partial charge is 0.396 e. The number of halogens is 1. The van der Waals surface area contributed by atoms with E-state index in [0.717, 1.165) is 0 Å². The van der Waals surface area contributed by atoms with Gasteiger partial charge in [-0.3, -0.25) is 0 Å². The van der Waals surface area contributed by atoms with Crippen LogP contribution >= 0.6 is 15.9 Å². The third kappa shape index (κ3) is 7.82. The minimum absolute atomic E-state index is 0.192. The number of hydrogen-bond acceptors (Lipinski definition) is 3. The van der Waals surface area contributed by atoms with Crippen molar-refractivity contribution in [1.29, 1.82) is 0 Å². The number of alkyl halides is 1. The van der Waals surface area contributed by atoms with Crippen LogP contribution < -0.4 is 5.32 Å². The second-order valence-electron chi connectivity index (χ2n) is 3.22. The van der Waals surface area contributed by atoms with E-state index in [-0.39, 0.29) is 13.2 Å². The van der Waals surface area contributed by atoms with E-state index in [2.05, 4.69) is 40.3 Å². The lowest BCUT2D eigenvalue weighted by Gasteiger charge is -2.12. The Morgan fingerprint density at radius 2 is 1.75 bits per heavy atom. The molecule has 0 heterocycles. The minimum Gasteiger partial charge on any atom is -0.396 e. The van der Waals surface area contributed by atoms with Gasteiger partial charge in [0.1, 0.15) is 0 Å². The third-order valence-corrected chi connectivity index (χ3v) is 2.30. The van der Waals surface area contributed by atoms with Crippen LogP contribution in [0.4, 0.5) is 0 Å². The summed E-state index contributed by atoms with van der Waals surface area (Å²) >= 11 is 3.00. The number of hydrogen-bond donors (Lipinski definition) is 3. The Bertz CT molecular complexity index is 242. The summed E-state index contributed by atoms with van der Waals surface area (Å²) in [6.45, 7) is 3.16. The molecular formula is C12H20BrNO2. The predicted molar refractivity (Wildman–Crippen MR) is 70.8 cm³/mol. The Labute approximate surface area is 106 Å². The highest BCUT2D eigenvalue weighted by atomic mass is 79.9. The van der Waals surface area contributed by atoms with Gasteiger partial charge in [0, 0.05) is 17.9 Å². The van der Waals surface area contributed by atoms with Gasteiger partial charge in [-0.2, -0.15) is 0 Å². The van der Waals surface area contributed by atoms with E-state index in [1.807, 2.05) is 18.2 Å². The molecule has 1 aromatic carbocycles. The number of rotatable bonds is 5. The molecule has 1 rings (SSSR count). The fraction of sp³-hybridized carbons (Fsp3) is 0.500. The molecule has 92 valence electrons. The minimum atomic E-state index is 0.192. The van der Waals surface area contributed by atoms with Gasteiger partial charge in [0.25, 0.3) is 0 Å². The van der Waals surface area contributed by atoms with E-state index in [1.165, 1.54) is 5.56 Å². The van der Waals surface area contributed by atoms with Gasteiger partial charge in [0.05, 0.1) is 13.2 Å². The molecule has 0 radical (unpaired) electrons. The highest BCUT2D eigenvalue weighted by Gasteiger charge is 2.01. The standard InChI is InChI=1S/C10H15NO.C2H5BrO/c1-9(11-7-8-12)10-5-3-2-4-6-10;3-1-2-4/h2-6,9,11-12H,7-8H2,1H3;4H,1-2H2/t9-;/m0./s1. The summed E-state index contributed by atoms with van der Waals surface area (Å²) in [5.74, 6) is 0. The van der Waals surface area contributed by atoms with Crippen molar-refractivity contribution in [3.63, 3.8) is 0 Å². The molecule has 1 atom stereocenters. The summed E-state index contributed by atoms with van der Waals surface area (Å²) in [6.07, 6.45) is 0. The molecule has 0 fully saturated rings. The first-order chi connectivity index (χ1) is 7.76. The zero-order valence-electron chi connectivity index (χ0n) is 9.56. The molecule has 0 bridgehead atoms. The topological polar surface area (TPSA) is 52.5 Å². The van der Waals surface area contributed by atoms with Crippen molar-refractivity contribution in [2.75, 3.05) is 25.1 Å². The van der Waals surface area contributed by atoms with E-state index in [4.69, 9.17) is 10.2 Å². The fourth-order valence-electron chi connectivity index (χ4n) is 1.14. The average molecular weight is 290 g/mol. The maximum atomic E-state index is 8.60. The van der Waals surface area contributed by atoms with Crippen molar-refractivity contribution in [3.8, 4) is 0 Å². The average Bonchev–Trinajstić information content (AvgIpc) is 2.37. The summed E-state index contributed by atoms with van der Waals surface area (Å²) < 4.78 is 0. The van der Waals surface area contributed by atoms with E-state index < -0.39 is 0 Å². The molecule has 3 nitrogen and oxygen atoms in total. The van der Waals surface area contributed by atoms with E-state index in [9.17, 15) is 0 Å². The van der Waals surface area contributed by atoms with Crippen molar-refractivity contribution in [3.05, 3.63) is 35.9 Å². The molecule has 0 saturated heterocycles. The molecule has 0 saturated carbocycles. The summed E-state index contributed by atoms with van der Waals surface area (Å²) in [5, 5.41) is 20.3. The van der Waals surface area contributed by atoms with Crippen molar-refractivity contribution >= 4 is 15.9 Å². The molecule has 1 aromatic rings. The van der Waals surface area contributed by atoms with Crippen LogP contribution in [0.25, 0.3) is 0 Å². The lowest BCUT2D eigenvalue weighted by atomic mass is 10.1. The molecule has 4 heteroatoms. The van der Waals surface area contributed by atoms with Crippen LogP contribution in [0.15, 0.2) is 30.3 Å². The van der Waals surface area contributed by atoms with Crippen molar-refractivity contribution in [2.45, 2.75) is 13.0 Å². The van der Waals surface area contributed by atoms with Crippen LogP contribution in [0.5, 0.6) is 0 Å². The van der Waals surface area contributed by atoms with Crippen LogP contribution in [-0.4, -0.2) is 35.3 Å². The van der Waals surface area contributed by atoms with Crippen molar-refractivity contribution < 1.29 is 10.2 Å². The molecule has 0 unspecified atom stereocenters. The first-order valence-electron chi connectivity index (χ1n) is 5.32. The van der Waals surface area contributed by atoms with E-state index in [0.29, 0.717) is 17.9 Å². The zero-order valence-corrected chi connectivity index (χ0v) is 11.2. The van der Waals surface area contributed by atoms with E-state index >= 15 is 0 Å². The molecule has 0 aliphatic carbocycles. The van der Waals surface area contributed by atoms with Gasteiger partial charge in [-0.25, -0.2) is 0 Å². The van der Waals surface area contributed by atoms with Crippen molar-refractivity contribution in [2.24, 2.45) is 0 Å².